The van der Waals surface area contributed by atoms with Gasteiger partial charge in [-0.1, -0.05) is 17.7 Å². The van der Waals surface area contributed by atoms with Crippen molar-refractivity contribution in [3.05, 3.63) is 41.1 Å². The number of sulfonamides is 1. The smallest absolute Gasteiger partial charge is 0.253 e. The molecule has 0 N–H and O–H groups in total. The van der Waals surface area contributed by atoms with Crippen molar-refractivity contribution in [3.63, 3.8) is 0 Å². The van der Waals surface area contributed by atoms with E-state index < -0.39 is 10.0 Å². The zero-order chi connectivity index (χ0) is 15.9. The van der Waals surface area contributed by atoms with E-state index in [1.165, 1.54) is 4.31 Å². The van der Waals surface area contributed by atoms with Gasteiger partial charge in [0.15, 0.2) is 0 Å². The molecule has 1 aromatic heterocycles. The van der Waals surface area contributed by atoms with Gasteiger partial charge < -0.3 is 0 Å². The summed E-state index contributed by atoms with van der Waals surface area (Å²) in [4.78, 5) is 0.311. The Morgan fingerprint density at radius 1 is 1.14 bits per heavy atom. The normalized spacial score (nSPS) is 14.7. The first-order valence-electron chi connectivity index (χ1n) is 7.51. The first-order valence-corrected chi connectivity index (χ1v) is 8.95. The van der Waals surface area contributed by atoms with E-state index in [1.807, 2.05) is 26.1 Å². The summed E-state index contributed by atoms with van der Waals surface area (Å²) in [6.45, 7) is 1.94. The second kappa shape index (κ2) is 5.43. The molecule has 0 saturated heterocycles. The van der Waals surface area contributed by atoms with Gasteiger partial charge >= 0.3 is 0 Å². The van der Waals surface area contributed by atoms with Crippen LogP contribution in [-0.2, 0) is 29.9 Å². The van der Waals surface area contributed by atoms with Crippen molar-refractivity contribution >= 4 is 15.8 Å². The van der Waals surface area contributed by atoms with Gasteiger partial charge in [-0.15, -0.1) is 0 Å². The van der Waals surface area contributed by atoms with E-state index in [0.717, 1.165) is 42.5 Å². The predicted octanol–water partition coefficient (Wildman–Crippen LogP) is 2.43. The van der Waals surface area contributed by atoms with Crippen LogP contribution in [-0.4, -0.2) is 25.2 Å². The number of benzene rings is 1. The van der Waals surface area contributed by atoms with Crippen LogP contribution >= 0.6 is 0 Å². The fourth-order valence-corrected chi connectivity index (χ4v) is 4.29. The molecule has 0 saturated carbocycles. The Bertz CT molecular complexity index is 792. The van der Waals surface area contributed by atoms with Crippen LogP contribution in [0.25, 0.3) is 0 Å². The van der Waals surface area contributed by atoms with Crippen LogP contribution in [0, 0.1) is 6.92 Å². The Balaban J connectivity index is 2.05. The fourth-order valence-electron chi connectivity index (χ4n) is 3.04. The third-order valence-corrected chi connectivity index (χ3v) is 6.03. The molecule has 0 bridgehead atoms. The fraction of sp³-hybridized carbons (Fsp3) is 0.438. The molecular weight excluding hydrogens is 298 g/mol. The zero-order valence-corrected chi connectivity index (χ0v) is 14.0. The molecule has 22 heavy (non-hydrogen) atoms. The summed E-state index contributed by atoms with van der Waals surface area (Å²) < 4.78 is 28.8. The molecule has 0 amide bonds. The average Bonchev–Trinajstić information content (AvgIpc) is 2.82. The van der Waals surface area contributed by atoms with Gasteiger partial charge in [0.25, 0.3) is 10.0 Å². The van der Waals surface area contributed by atoms with E-state index in [-0.39, 0.29) is 0 Å². The molecule has 1 aliphatic rings. The highest BCUT2D eigenvalue weighted by atomic mass is 32.2. The van der Waals surface area contributed by atoms with E-state index in [9.17, 15) is 8.42 Å². The highest BCUT2D eigenvalue weighted by molar-refractivity contribution is 7.92. The lowest BCUT2D eigenvalue weighted by Gasteiger charge is -2.22. The molecule has 3 rings (SSSR count). The van der Waals surface area contributed by atoms with E-state index in [1.54, 1.807) is 23.9 Å². The average molecular weight is 319 g/mol. The molecule has 2 aromatic rings. The van der Waals surface area contributed by atoms with Gasteiger partial charge in [-0.3, -0.25) is 8.99 Å². The minimum Gasteiger partial charge on any atom is -0.253 e. The summed E-state index contributed by atoms with van der Waals surface area (Å²) in [5, 5.41) is 4.50. The van der Waals surface area contributed by atoms with Crippen LogP contribution in [0.3, 0.4) is 0 Å². The molecule has 0 unspecified atom stereocenters. The first-order chi connectivity index (χ1) is 10.4. The van der Waals surface area contributed by atoms with Gasteiger partial charge in [-0.05, 0) is 44.7 Å². The number of fused-ring (bicyclic) bond motifs is 1. The van der Waals surface area contributed by atoms with E-state index in [0.29, 0.717) is 10.7 Å². The molecule has 1 aromatic carbocycles. The van der Waals surface area contributed by atoms with Crippen LogP contribution in [0.5, 0.6) is 0 Å². The molecule has 6 heteroatoms. The van der Waals surface area contributed by atoms with Gasteiger partial charge in [0.05, 0.1) is 10.6 Å². The number of hydrogen-bond acceptors (Lipinski definition) is 3. The molecule has 5 nitrogen and oxygen atoms in total. The molecule has 1 aliphatic carbocycles. The second-order valence-corrected chi connectivity index (χ2v) is 7.83. The Labute approximate surface area is 131 Å². The maximum absolute atomic E-state index is 12.9. The minimum atomic E-state index is -3.56. The second-order valence-electron chi connectivity index (χ2n) is 5.87. The minimum absolute atomic E-state index is 0.311. The van der Waals surface area contributed by atoms with Crippen molar-refractivity contribution in [2.45, 2.75) is 37.5 Å². The maximum atomic E-state index is 12.9. The van der Waals surface area contributed by atoms with Crippen molar-refractivity contribution in [1.29, 1.82) is 0 Å². The van der Waals surface area contributed by atoms with Crippen LogP contribution in [0.4, 0.5) is 5.82 Å². The summed E-state index contributed by atoms with van der Waals surface area (Å²) in [7, 11) is -0.136. The Kier molecular flexibility index (Phi) is 3.72. The number of anilines is 1. The SMILES string of the molecule is Cc1ccc(S(=O)(=O)N(C)c2c3c(nn2C)CCCC3)cc1. The number of rotatable bonds is 3. The van der Waals surface area contributed by atoms with Crippen LogP contribution in [0.15, 0.2) is 29.2 Å². The standard InChI is InChI=1S/C16H21N3O2S/c1-12-8-10-13(11-9-12)22(20,21)19(3)16-14-6-4-5-7-15(14)17-18(16)2/h8-11H,4-7H2,1-3H3. The van der Waals surface area contributed by atoms with E-state index in [2.05, 4.69) is 5.10 Å². The molecular formula is C16H21N3O2S. The lowest BCUT2D eigenvalue weighted by atomic mass is 9.97. The lowest BCUT2D eigenvalue weighted by Crippen LogP contribution is -2.29. The molecule has 118 valence electrons. The number of hydrogen-bond donors (Lipinski definition) is 0. The van der Waals surface area contributed by atoms with Crippen LogP contribution in [0.1, 0.15) is 29.7 Å². The third-order valence-electron chi connectivity index (χ3n) is 4.26. The predicted molar refractivity (Wildman–Crippen MR) is 86.6 cm³/mol. The maximum Gasteiger partial charge on any atom is 0.265 e. The molecule has 1 heterocycles. The van der Waals surface area contributed by atoms with E-state index >= 15 is 0 Å². The van der Waals surface area contributed by atoms with Crippen molar-refractivity contribution in [1.82, 2.24) is 9.78 Å². The van der Waals surface area contributed by atoms with Gasteiger partial charge in [0, 0.05) is 19.7 Å². The van der Waals surface area contributed by atoms with Crippen LogP contribution < -0.4 is 4.31 Å². The van der Waals surface area contributed by atoms with Crippen molar-refractivity contribution < 1.29 is 8.42 Å². The quantitative estimate of drug-likeness (QED) is 0.873. The number of aromatic nitrogens is 2. The van der Waals surface area contributed by atoms with Gasteiger partial charge in [0.2, 0.25) is 0 Å². The largest absolute Gasteiger partial charge is 0.265 e. The Hall–Kier alpha value is -1.82. The summed E-state index contributed by atoms with van der Waals surface area (Å²) in [6, 6.07) is 6.95. The summed E-state index contributed by atoms with van der Waals surface area (Å²) >= 11 is 0. The number of aryl methyl sites for hydroxylation is 3. The molecule has 0 aliphatic heterocycles. The Morgan fingerprint density at radius 2 is 1.77 bits per heavy atom. The van der Waals surface area contributed by atoms with Crippen molar-refractivity contribution in [2.75, 3.05) is 11.4 Å². The lowest BCUT2D eigenvalue weighted by molar-refractivity contribution is 0.592. The topological polar surface area (TPSA) is 55.2 Å². The highest BCUT2D eigenvalue weighted by Gasteiger charge is 2.29. The molecule has 0 radical (unpaired) electrons. The van der Waals surface area contributed by atoms with Gasteiger partial charge in [-0.25, -0.2) is 8.42 Å². The molecule has 0 fully saturated rings. The summed E-state index contributed by atoms with van der Waals surface area (Å²) in [6.07, 6.45) is 4.04. The summed E-state index contributed by atoms with van der Waals surface area (Å²) in [5.74, 6) is 0.690. The summed E-state index contributed by atoms with van der Waals surface area (Å²) in [5.41, 5.74) is 3.15. The van der Waals surface area contributed by atoms with Gasteiger partial charge in [0.1, 0.15) is 5.82 Å². The zero-order valence-electron chi connectivity index (χ0n) is 13.2. The number of nitrogens with zero attached hydrogens (tertiary/aromatic N) is 3. The Morgan fingerprint density at radius 3 is 2.45 bits per heavy atom. The first kappa shape index (κ1) is 15.1. The van der Waals surface area contributed by atoms with Crippen molar-refractivity contribution in [3.8, 4) is 0 Å². The highest BCUT2D eigenvalue weighted by Crippen LogP contribution is 2.32. The van der Waals surface area contributed by atoms with Crippen molar-refractivity contribution in [2.24, 2.45) is 7.05 Å². The van der Waals surface area contributed by atoms with Gasteiger partial charge in [-0.2, -0.15) is 5.10 Å². The monoisotopic (exact) mass is 319 g/mol. The van der Waals surface area contributed by atoms with Crippen LogP contribution in [0.2, 0.25) is 0 Å². The van der Waals surface area contributed by atoms with E-state index in [4.69, 9.17) is 0 Å². The third kappa shape index (κ3) is 2.41. The molecule has 0 atom stereocenters. The molecule has 0 spiro atoms.